The van der Waals surface area contributed by atoms with Gasteiger partial charge in [-0.15, -0.1) is 0 Å². The molecule has 4 nitrogen and oxygen atoms in total. The normalized spacial score (nSPS) is 15.1. The van der Waals surface area contributed by atoms with Crippen LogP contribution in [0.15, 0.2) is 66.7 Å². The van der Waals surface area contributed by atoms with E-state index in [2.05, 4.69) is 13.0 Å². The van der Waals surface area contributed by atoms with Crippen LogP contribution in [0.25, 0.3) is 11.1 Å². The second-order valence-electron chi connectivity index (χ2n) is 7.48. The van der Waals surface area contributed by atoms with Gasteiger partial charge < -0.3 is 9.47 Å². The highest BCUT2D eigenvalue weighted by Gasteiger charge is 2.23. The summed E-state index contributed by atoms with van der Waals surface area (Å²) >= 11 is 0. The Hall–Kier alpha value is -3.11. The van der Waals surface area contributed by atoms with Crippen LogP contribution in [-0.4, -0.2) is 25.2 Å². The Morgan fingerprint density at radius 3 is 2.17 bits per heavy atom. The van der Waals surface area contributed by atoms with Crippen LogP contribution >= 0.6 is 0 Å². The zero-order chi connectivity index (χ0) is 20.4. The Labute approximate surface area is 171 Å². The van der Waals surface area contributed by atoms with Gasteiger partial charge in [-0.3, -0.25) is 9.69 Å². The Kier molecular flexibility index (Phi) is 5.36. The number of ether oxygens (including phenoxy) is 2. The third-order valence-electron chi connectivity index (χ3n) is 5.06. The lowest BCUT2D eigenvalue weighted by atomic mass is 10.0. The maximum Gasteiger partial charge on any atom is 0.228 e. The topological polar surface area (TPSA) is 42.1 Å². The molecule has 29 heavy (non-hydrogen) atoms. The molecule has 148 valence electrons. The van der Waals surface area contributed by atoms with Gasteiger partial charge in [-0.25, -0.2) is 0 Å². The van der Waals surface area contributed by atoms with E-state index in [9.17, 15) is 4.79 Å². The monoisotopic (exact) mass is 387 g/mol. The number of epoxide rings is 1. The quantitative estimate of drug-likeness (QED) is 0.530. The predicted molar refractivity (Wildman–Crippen MR) is 116 cm³/mol. The predicted octanol–water partition coefficient (Wildman–Crippen LogP) is 5.43. The molecule has 4 heteroatoms. The van der Waals surface area contributed by atoms with Crippen molar-refractivity contribution in [2.45, 2.75) is 26.9 Å². The van der Waals surface area contributed by atoms with Crippen LogP contribution in [0.1, 0.15) is 18.1 Å². The maximum atomic E-state index is 12.4. The first-order valence-electron chi connectivity index (χ1n) is 9.84. The maximum absolute atomic E-state index is 12.4. The molecule has 0 spiro atoms. The van der Waals surface area contributed by atoms with Gasteiger partial charge in [0.25, 0.3) is 0 Å². The summed E-state index contributed by atoms with van der Waals surface area (Å²) in [5.41, 5.74) is 6.23. The lowest BCUT2D eigenvalue weighted by Gasteiger charge is -2.24. The minimum absolute atomic E-state index is 0.00847. The van der Waals surface area contributed by atoms with E-state index in [1.54, 1.807) is 11.8 Å². The van der Waals surface area contributed by atoms with Gasteiger partial charge in [0.1, 0.15) is 18.5 Å². The zero-order valence-electron chi connectivity index (χ0n) is 17.0. The van der Waals surface area contributed by atoms with Crippen LogP contribution in [-0.2, 0) is 9.53 Å². The van der Waals surface area contributed by atoms with Crippen molar-refractivity contribution in [3.8, 4) is 16.9 Å². The summed E-state index contributed by atoms with van der Waals surface area (Å²) in [4.78, 5) is 14.2. The minimum Gasteiger partial charge on any atom is -0.491 e. The number of carbonyl (C=O) groups is 1. The number of nitrogens with zero attached hydrogens (tertiary/aromatic N) is 1. The van der Waals surface area contributed by atoms with Crippen molar-refractivity contribution < 1.29 is 14.3 Å². The Bertz CT molecular complexity index is 1010. The number of anilines is 2. The van der Waals surface area contributed by atoms with Crippen LogP contribution in [0.2, 0.25) is 0 Å². The van der Waals surface area contributed by atoms with Gasteiger partial charge in [0, 0.05) is 12.6 Å². The molecule has 0 aliphatic carbocycles. The van der Waals surface area contributed by atoms with E-state index in [0.29, 0.717) is 6.61 Å². The van der Waals surface area contributed by atoms with Crippen molar-refractivity contribution in [1.82, 2.24) is 0 Å². The van der Waals surface area contributed by atoms with Gasteiger partial charge in [-0.05, 0) is 60.9 Å². The first kappa shape index (κ1) is 19.2. The van der Waals surface area contributed by atoms with Crippen molar-refractivity contribution in [1.29, 1.82) is 0 Å². The highest BCUT2D eigenvalue weighted by molar-refractivity contribution is 6.00. The summed E-state index contributed by atoms with van der Waals surface area (Å²) in [6, 6.07) is 22.2. The molecule has 0 bridgehead atoms. The molecule has 0 aromatic heterocycles. The van der Waals surface area contributed by atoms with Crippen LogP contribution in [0.3, 0.4) is 0 Å². The summed E-state index contributed by atoms with van der Waals surface area (Å²) in [5.74, 6) is 0.837. The van der Waals surface area contributed by atoms with E-state index in [0.717, 1.165) is 40.4 Å². The van der Waals surface area contributed by atoms with Crippen molar-refractivity contribution in [3.05, 3.63) is 77.9 Å². The van der Waals surface area contributed by atoms with E-state index in [4.69, 9.17) is 9.47 Å². The average Bonchev–Trinajstić information content (AvgIpc) is 3.54. The number of carbonyl (C=O) groups excluding carboxylic acids is 1. The number of benzene rings is 3. The van der Waals surface area contributed by atoms with Gasteiger partial charge in [0.2, 0.25) is 5.91 Å². The first-order valence-corrected chi connectivity index (χ1v) is 9.84. The van der Waals surface area contributed by atoms with Crippen molar-refractivity contribution in [3.63, 3.8) is 0 Å². The van der Waals surface area contributed by atoms with Crippen LogP contribution < -0.4 is 9.64 Å². The summed E-state index contributed by atoms with van der Waals surface area (Å²) in [5, 5.41) is 0. The molecule has 0 N–H and O–H groups in total. The first-order chi connectivity index (χ1) is 14.0. The zero-order valence-corrected chi connectivity index (χ0v) is 17.0. The fraction of sp³-hybridized carbons (Fsp3) is 0.240. The number of rotatable bonds is 6. The number of hydrogen-bond acceptors (Lipinski definition) is 3. The molecule has 0 saturated carbocycles. The second kappa shape index (κ2) is 8.10. The van der Waals surface area contributed by atoms with Crippen LogP contribution in [0.4, 0.5) is 11.4 Å². The van der Waals surface area contributed by atoms with Gasteiger partial charge in [-0.2, -0.15) is 0 Å². The fourth-order valence-electron chi connectivity index (χ4n) is 3.45. The SMILES string of the molecule is CC(=O)N(c1ccc(-c2ccc(OCC3CO3)cc2)cc1)c1ccc(C)cc1C. The second-order valence-corrected chi connectivity index (χ2v) is 7.48. The van der Waals surface area contributed by atoms with Gasteiger partial charge >= 0.3 is 0 Å². The summed E-state index contributed by atoms with van der Waals surface area (Å²) in [6.45, 7) is 7.08. The molecular formula is C25H25NO3. The standard InChI is InChI=1S/C25H25NO3/c1-17-4-13-25(18(2)14-17)26(19(3)27)22-9-5-20(6-10-22)21-7-11-23(12-8-21)28-15-24-16-29-24/h4-14,24H,15-16H2,1-3H3. The molecule has 3 aromatic carbocycles. The summed E-state index contributed by atoms with van der Waals surface area (Å²) in [6.07, 6.45) is 0.253. The van der Waals surface area contributed by atoms with Crippen molar-refractivity contribution in [2.75, 3.05) is 18.1 Å². The third kappa shape index (κ3) is 4.49. The molecule has 1 aliphatic rings. The molecule has 3 aromatic rings. The fourth-order valence-corrected chi connectivity index (χ4v) is 3.45. The number of hydrogen-bond donors (Lipinski definition) is 0. The molecule has 0 radical (unpaired) electrons. The van der Waals surface area contributed by atoms with E-state index in [-0.39, 0.29) is 12.0 Å². The highest BCUT2D eigenvalue weighted by Crippen LogP contribution is 2.31. The smallest absolute Gasteiger partial charge is 0.228 e. The summed E-state index contributed by atoms with van der Waals surface area (Å²) in [7, 11) is 0. The molecule has 1 unspecified atom stereocenters. The van der Waals surface area contributed by atoms with Gasteiger partial charge in [0.05, 0.1) is 12.3 Å². The van der Waals surface area contributed by atoms with Crippen LogP contribution in [0, 0.1) is 13.8 Å². The van der Waals surface area contributed by atoms with Crippen LogP contribution in [0.5, 0.6) is 5.75 Å². The summed E-state index contributed by atoms with van der Waals surface area (Å²) < 4.78 is 10.9. The van der Waals surface area contributed by atoms with E-state index in [1.807, 2.05) is 67.6 Å². The van der Waals surface area contributed by atoms with Gasteiger partial charge in [0.15, 0.2) is 0 Å². The Morgan fingerprint density at radius 2 is 1.62 bits per heavy atom. The molecule has 1 fully saturated rings. The Morgan fingerprint density at radius 1 is 1.00 bits per heavy atom. The largest absolute Gasteiger partial charge is 0.491 e. The number of aryl methyl sites for hydroxylation is 2. The molecule has 1 saturated heterocycles. The molecule has 1 atom stereocenters. The minimum atomic E-state index is -0.00847. The third-order valence-corrected chi connectivity index (χ3v) is 5.06. The molecule has 1 heterocycles. The lowest BCUT2D eigenvalue weighted by molar-refractivity contribution is -0.115. The molecule has 1 aliphatic heterocycles. The molecule has 4 rings (SSSR count). The van der Waals surface area contributed by atoms with Crippen molar-refractivity contribution in [2.24, 2.45) is 0 Å². The van der Waals surface area contributed by atoms with Gasteiger partial charge in [-0.1, -0.05) is 42.0 Å². The lowest BCUT2D eigenvalue weighted by Crippen LogP contribution is -2.23. The average molecular weight is 387 g/mol. The Balaban J connectivity index is 1.54. The molecular weight excluding hydrogens is 362 g/mol. The number of amides is 1. The van der Waals surface area contributed by atoms with E-state index < -0.39 is 0 Å². The van der Waals surface area contributed by atoms with E-state index >= 15 is 0 Å². The molecule has 1 amide bonds. The van der Waals surface area contributed by atoms with Crippen molar-refractivity contribution >= 4 is 17.3 Å². The highest BCUT2D eigenvalue weighted by atomic mass is 16.6. The van der Waals surface area contributed by atoms with E-state index in [1.165, 1.54) is 5.56 Å².